The Morgan fingerprint density at radius 1 is 1.15 bits per heavy atom. The predicted molar refractivity (Wildman–Crippen MR) is 80.7 cm³/mol. The number of halogens is 3. The Hall–Kier alpha value is -0.970. The lowest BCUT2D eigenvalue weighted by molar-refractivity contribution is 0.545. The molecule has 20 heavy (non-hydrogen) atoms. The fourth-order valence-electron chi connectivity index (χ4n) is 2.29. The fraction of sp³-hybridized carbons (Fsp3) is 0.333. The molecule has 0 amide bonds. The van der Waals surface area contributed by atoms with Crippen molar-refractivity contribution in [3.63, 3.8) is 0 Å². The van der Waals surface area contributed by atoms with Gasteiger partial charge in [-0.2, -0.15) is 0 Å². The molecule has 1 heterocycles. The number of hydrogen-bond donors (Lipinski definition) is 1. The number of rotatable bonds is 4. The highest BCUT2D eigenvalue weighted by Gasteiger charge is 2.22. The molecule has 2 rings (SSSR count). The van der Waals surface area contributed by atoms with E-state index in [-0.39, 0.29) is 16.6 Å². The van der Waals surface area contributed by atoms with Crippen molar-refractivity contribution < 1.29 is 8.78 Å². The molecule has 0 aliphatic heterocycles. The highest BCUT2D eigenvalue weighted by molar-refractivity contribution is 7.12. The summed E-state index contributed by atoms with van der Waals surface area (Å²) >= 11 is 7.26. The third-order valence-corrected chi connectivity index (χ3v) is 4.42. The summed E-state index contributed by atoms with van der Waals surface area (Å²) in [6, 6.07) is 3.86. The molecule has 108 valence electrons. The van der Waals surface area contributed by atoms with Crippen LogP contribution in [-0.4, -0.2) is 6.54 Å². The molecule has 0 spiro atoms. The summed E-state index contributed by atoms with van der Waals surface area (Å²) in [6.45, 7) is 6.58. The molecule has 0 aliphatic rings. The molecule has 0 saturated heterocycles. The van der Waals surface area contributed by atoms with Gasteiger partial charge in [-0.1, -0.05) is 18.5 Å². The zero-order valence-corrected chi connectivity index (χ0v) is 13.1. The summed E-state index contributed by atoms with van der Waals surface area (Å²) in [5.41, 5.74) is 1.27. The van der Waals surface area contributed by atoms with Gasteiger partial charge < -0.3 is 5.32 Å². The molecular formula is C15H16ClF2NS. The Kier molecular flexibility index (Phi) is 4.78. The van der Waals surface area contributed by atoms with Crippen LogP contribution in [-0.2, 0) is 0 Å². The Balaban J connectivity index is 2.54. The first kappa shape index (κ1) is 15.4. The van der Waals surface area contributed by atoms with Crippen molar-refractivity contribution in [2.24, 2.45) is 0 Å². The van der Waals surface area contributed by atoms with E-state index in [0.29, 0.717) is 6.54 Å². The van der Waals surface area contributed by atoms with Crippen molar-refractivity contribution in [2.75, 3.05) is 6.54 Å². The first-order valence-corrected chi connectivity index (χ1v) is 7.58. The number of nitrogens with one attached hydrogen (secondary N) is 1. The second-order valence-electron chi connectivity index (χ2n) is 4.65. The molecule has 1 unspecified atom stereocenters. The molecule has 1 N–H and O–H groups in total. The fourth-order valence-corrected chi connectivity index (χ4v) is 3.40. The highest BCUT2D eigenvalue weighted by Crippen LogP contribution is 2.33. The summed E-state index contributed by atoms with van der Waals surface area (Å²) in [5.74, 6) is -1.10. The van der Waals surface area contributed by atoms with E-state index in [2.05, 4.69) is 5.32 Å². The van der Waals surface area contributed by atoms with E-state index in [1.54, 1.807) is 11.3 Å². The van der Waals surface area contributed by atoms with Gasteiger partial charge in [-0.15, -0.1) is 11.3 Å². The minimum Gasteiger partial charge on any atom is -0.306 e. The van der Waals surface area contributed by atoms with Crippen LogP contribution < -0.4 is 5.32 Å². The topological polar surface area (TPSA) is 12.0 Å². The van der Waals surface area contributed by atoms with Gasteiger partial charge >= 0.3 is 0 Å². The zero-order chi connectivity index (χ0) is 14.9. The van der Waals surface area contributed by atoms with E-state index < -0.39 is 11.6 Å². The Morgan fingerprint density at radius 3 is 2.40 bits per heavy atom. The van der Waals surface area contributed by atoms with Gasteiger partial charge in [0.25, 0.3) is 0 Å². The Bertz CT molecular complexity index is 625. The maximum Gasteiger partial charge on any atom is 0.142 e. The van der Waals surface area contributed by atoms with Gasteiger partial charge in [0.15, 0.2) is 0 Å². The molecular weight excluding hydrogens is 300 g/mol. The molecule has 0 fully saturated rings. The molecule has 1 atom stereocenters. The summed E-state index contributed by atoms with van der Waals surface area (Å²) < 4.78 is 27.8. The summed E-state index contributed by atoms with van der Waals surface area (Å²) in [4.78, 5) is 2.25. The van der Waals surface area contributed by atoms with E-state index >= 15 is 0 Å². The third-order valence-electron chi connectivity index (χ3n) is 3.15. The van der Waals surface area contributed by atoms with Crippen LogP contribution in [0.5, 0.6) is 0 Å². The van der Waals surface area contributed by atoms with Crippen LogP contribution in [0.3, 0.4) is 0 Å². The van der Waals surface area contributed by atoms with Gasteiger partial charge in [0.05, 0.1) is 11.1 Å². The van der Waals surface area contributed by atoms with Gasteiger partial charge in [0.1, 0.15) is 11.6 Å². The zero-order valence-electron chi connectivity index (χ0n) is 11.6. The number of hydrogen-bond acceptors (Lipinski definition) is 2. The maximum atomic E-state index is 14.1. The van der Waals surface area contributed by atoms with E-state index in [1.807, 2.05) is 26.8 Å². The second kappa shape index (κ2) is 6.20. The minimum absolute atomic E-state index is 0.195. The number of thiophene rings is 1. The van der Waals surface area contributed by atoms with Crippen molar-refractivity contribution in [3.8, 4) is 0 Å². The van der Waals surface area contributed by atoms with E-state index in [0.717, 1.165) is 21.4 Å². The van der Waals surface area contributed by atoms with Crippen molar-refractivity contribution in [2.45, 2.75) is 26.8 Å². The predicted octanol–water partition coefficient (Wildman–Crippen LogP) is 5.00. The SMILES string of the molecule is CCNC(c1cc(F)c(Cl)cc1F)c1cc(C)sc1C. The molecule has 1 aromatic carbocycles. The smallest absolute Gasteiger partial charge is 0.142 e. The molecule has 0 saturated carbocycles. The van der Waals surface area contributed by atoms with Gasteiger partial charge in [0.2, 0.25) is 0 Å². The monoisotopic (exact) mass is 315 g/mol. The van der Waals surface area contributed by atoms with Crippen molar-refractivity contribution in [1.29, 1.82) is 0 Å². The first-order chi connectivity index (χ1) is 9.43. The van der Waals surface area contributed by atoms with E-state index in [1.165, 1.54) is 6.07 Å². The quantitative estimate of drug-likeness (QED) is 0.783. The maximum absolute atomic E-state index is 14.1. The summed E-state index contributed by atoms with van der Waals surface area (Å²) in [6.07, 6.45) is 0. The van der Waals surface area contributed by atoms with Crippen molar-refractivity contribution >= 4 is 22.9 Å². The van der Waals surface area contributed by atoms with Crippen LogP contribution >= 0.6 is 22.9 Å². The van der Waals surface area contributed by atoms with Crippen molar-refractivity contribution in [1.82, 2.24) is 5.32 Å². The molecule has 5 heteroatoms. The minimum atomic E-state index is -0.601. The number of benzene rings is 1. The van der Waals surface area contributed by atoms with E-state index in [4.69, 9.17) is 11.6 Å². The summed E-state index contributed by atoms with van der Waals surface area (Å²) in [7, 11) is 0. The second-order valence-corrected chi connectivity index (χ2v) is 6.51. The van der Waals surface area contributed by atoms with Gasteiger partial charge in [-0.05, 0) is 44.2 Å². The molecule has 1 aromatic heterocycles. The standard InChI is InChI=1S/C15H16ClF2NS/c1-4-19-15(10-5-8(2)20-9(10)3)11-6-14(18)12(16)7-13(11)17/h5-7,15,19H,4H2,1-3H3. The van der Waals surface area contributed by atoms with Gasteiger partial charge in [-0.25, -0.2) is 8.78 Å². The molecule has 1 nitrogen and oxygen atoms in total. The highest BCUT2D eigenvalue weighted by atomic mass is 35.5. The van der Waals surface area contributed by atoms with Crippen LogP contribution in [0.1, 0.15) is 33.8 Å². The molecule has 2 aromatic rings. The van der Waals surface area contributed by atoms with Crippen LogP contribution in [0, 0.1) is 25.5 Å². The number of aryl methyl sites for hydroxylation is 2. The molecule has 0 radical (unpaired) electrons. The van der Waals surface area contributed by atoms with Crippen LogP contribution in [0.2, 0.25) is 5.02 Å². The normalized spacial score (nSPS) is 12.7. The van der Waals surface area contributed by atoms with Crippen LogP contribution in [0.4, 0.5) is 8.78 Å². The lowest BCUT2D eigenvalue weighted by atomic mass is 9.98. The lowest BCUT2D eigenvalue weighted by Crippen LogP contribution is -2.23. The van der Waals surface area contributed by atoms with Gasteiger partial charge in [0, 0.05) is 15.3 Å². The van der Waals surface area contributed by atoms with Crippen LogP contribution in [0.25, 0.3) is 0 Å². The lowest BCUT2D eigenvalue weighted by Gasteiger charge is -2.19. The average Bonchev–Trinajstić information content (AvgIpc) is 2.70. The Labute approximate surface area is 126 Å². The van der Waals surface area contributed by atoms with Crippen LogP contribution in [0.15, 0.2) is 18.2 Å². The van der Waals surface area contributed by atoms with Crippen molar-refractivity contribution in [3.05, 3.63) is 55.7 Å². The Morgan fingerprint density at radius 2 is 1.85 bits per heavy atom. The summed E-state index contributed by atoms with van der Waals surface area (Å²) in [5, 5.41) is 3.02. The first-order valence-electron chi connectivity index (χ1n) is 6.38. The average molecular weight is 316 g/mol. The van der Waals surface area contributed by atoms with E-state index in [9.17, 15) is 8.78 Å². The third kappa shape index (κ3) is 3.03. The molecule has 0 bridgehead atoms. The van der Waals surface area contributed by atoms with Gasteiger partial charge in [-0.3, -0.25) is 0 Å². The molecule has 0 aliphatic carbocycles. The largest absolute Gasteiger partial charge is 0.306 e.